The molecule has 0 bridgehead atoms. The van der Waals surface area contributed by atoms with E-state index in [9.17, 15) is 4.79 Å². The van der Waals surface area contributed by atoms with Crippen molar-refractivity contribution in [3.8, 4) is 5.88 Å². The Morgan fingerprint density at radius 3 is 3.06 bits per heavy atom. The number of hydrogen-bond donors (Lipinski definition) is 0. The van der Waals surface area contributed by atoms with Crippen LogP contribution in [0.5, 0.6) is 5.88 Å². The fourth-order valence-corrected chi connectivity index (χ4v) is 2.21. The van der Waals surface area contributed by atoms with Crippen LogP contribution < -0.4 is 9.64 Å². The highest BCUT2D eigenvalue weighted by Gasteiger charge is 2.30. The molecule has 1 saturated heterocycles. The van der Waals surface area contributed by atoms with Gasteiger partial charge in [-0.2, -0.15) is 4.98 Å². The van der Waals surface area contributed by atoms with Gasteiger partial charge in [0.05, 0.1) is 7.11 Å². The van der Waals surface area contributed by atoms with E-state index >= 15 is 0 Å². The Morgan fingerprint density at radius 2 is 2.44 bits per heavy atom. The molecule has 0 aromatic carbocycles. The van der Waals surface area contributed by atoms with Crippen molar-refractivity contribution in [2.75, 3.05) is 23.9 Å². The largest absolute Gasteiger partial charge is 0.481 e. The minimum atomic E-state index is 0.130. The number of carbonyl (C=O) groups excluding carboxylic acids is 1. The highest BCUT2D eigenvalue weighted by atomic mass is 79.9. The van der Waals surface area contributed by atoms with Crippen molar-refractivity contribution >= 4 is 27.7 Å². The summed E-state index contributed by atoms with van der Waals surface area (Å²) in [6, 6.07) is 5.44. The van der Waals surface area contributed by atoms with E-state index in [0.29, 0.717) is 24.0 Å². The zero-order valence-corrected chi connectivity index (χ0v) is 10.6. The summed E-state index contributed by atoms with van der Waals surface area (Å²) < 4.78 is 5.04. The normalized spacial score (nSPS) is 20.2. The fraction of sp³-hybridized carbons (Fsp3) is 0.455. The van der Waals surface area contributed by atoms with E-state index in [-0.39, 0.29) is 5.91 Å². The van der Waals surface area contributed by atoms with Gasteiger partial charge in [0.2, 0.25) is 11.8 Å². The van der Waals surface area contributed by atoms with Gasteiger partial charge in [0.25, 0.3) is 0 Å². The number of aromatic nitrogens is 1. The number of rotatable bonds is 3. The number of nitrogens with zero attached hydrogens (tertiary/aromatic N) is 2. The standard InChI is InChI=1S/C11H13BrN2O2/c1-16-10-4-2-3-9(13-10)14-7-8(6-12)5-11(14)15/h2-4,8H,5-7H2,1H3. The average Bonchev–Trinajstić information content (AvgIpc) is 2.71. The van der Waals surface area contributed by atoms with Crippen LogP contribution in [0, 0.1) is 5.92 Å². The SMILES string of the molecule is COc1cccc(N2CC(CBr)CC2=O)n1. The van der Waals surface area contributed by atoms with Gasteiger partial charge in [0.1, 0.15) is 5.82 Å². The smallest absolute Gasteiger partial charge is 0.228 e. The molecule has 1 aromatic rings. The van der Waals surface area contributed by atoms with E-state index in [0.717, 1.165) is 11.9 Å². The summed E-state index contributed by atoms with van der Waals surface area (Å²) in [5.74, 6) is 1.71. The van der Waals surface area contributed by atoms with Crippen LogP contribution in [0.15, 0.2) is 18.2 Å². The highest BCUT2D eigenvalue weighted by Crippen LogP contribution is 2.25. The van der Waals surface area contributed by atoms with Gasteiger partial charge in [-0.3, -0.25) is 9.69 Å². The quantitative estimate of drug-likeness (QED) is 0.796. The summed E-state index contributed by atoms with van der Waals surface area (Å²) >= 11 is 3.41. The van der Waals surface area contributed by atoms with Crippen LogP contribution in [-0.4, -0.2) is 29.9 Å². The number of alkyl halides is 1. The summed E-state index contributed by atoms with van der Waals surface area (Å²) in [7, 11) is 1.57. The first kappa shape index (κ1) is 11.4. The highest BCUT2D eigenvalue weighted by molar-refractivity contribution is 9.09. The van der Waals surface area contributed by atoms with Crippen LogP contribution in [0.1, 0.15) is 6.42 Å². The van der Waals surface area contributed by atoms with Crippen molar-refractivity contribution in [2.45, 2.75) is 6.42 Å². The maximum atomic E-state index is 11.8. The Morgan fingerprint density at radius 1 is 1.62 bits per heavy atom. The zero-order valence-electron chi connectivity index (χ0n) is 9.02. The molecular formula is C11H13BrN2O2. The predicted molar refractivity (Wildman–Crippen MR) is 65.0 cm³/mol. The minimum absolute atomic E-state index is 0.130. The van der Waals surface area contributed by atoms with Crippen molar-refractivity contribution in [3.63, 3.8) is 0 Å². The van der Waals surface area contributed by atoms with Gasteiger partial charge in [0, 0.05) is 24.4 Å². The lowest BCUT2D eigenvalue weighted by molar-refractivity contribution is -0.117. The minimum Gasteiger partial charge on any atom is -0.481 e. The van der Waals surface area contributed by atoms with Gasteiger partial charge >= 0.3 is 0 Å². The molecular weight excluding hydrogens is 272 g/mol. The molecule has 4 nitrogen and oxygen atoms in total. The van der Waals surface area contributed by atoms with Gasteiger partial charge < -0.3 is 4.74 Å². The molecule has 1 aliphatic heterocycles. The molecule has 0 radical (unpaired) electrons. The lowest BCUT2D eigenvalue weighted by Gasteiger charge is -2.15. The number of methoxy groups -OCH3 is 1. The molecule has 1 atom stereocenters. The molecule has 0 N–H and O–H groups in total. The number of hydrogen-bond acceptors (Lipinski definition) is 3. The van der Waals surface area contributed by atoms with E-state index in [1.165, 1.54) is 0 Å². The number of carbonyl (C=O) groups is 1. The van der Waals surface area contributed by atoms with Crippen molar-refractivity contribution in [1.29, 1.82) is 0 Å². The predicted octanol–water partition coefficient (Wildman–Crippen LogP) is 1.84. The van der Waals surface area contributed by atoms with E-state index in [1.54, 1.807) is 18.1 Å². The molecule has 2 heterocycles. The summed E-state index contributed by atoms with van der Waals surface area (Å²) in [5, 5.41) is 0.846. The molecule has 2 rings (SSSR count). The molecule has 1 aromatic heterocycles. The molecule has 5 heteroatoms. The molecule has 0 aliphatic carbocycles. The summed E-state index contributed by atoms with van der Waals surface area (Å²) in [6.45, 7) is 0.726. The first-order chi connectivity index (χ1) is 7.74. The molecule has 1 aliphatic rings. The molecule has 1 fully saturated rings. The average molecular weight is 285 g/mol. The van der Waals surface area contributed by atoms with Crippen LogP contribution >= 0.6 is 15.9 Å². The van der Waals surface area contributed by atoms with Gasteiger partial charge in [-0.15, -0.1) is 0 Å². The van der Waals surface area contributed by atoms with Crippen molar-refractivity contribution < 1.29 is 9.53 Å². The lowest BCUT2D eigenvalue weighted by atomic mass is 10.2. The summed E-state index contributed by atoms with van der Waals surface area (Å²) in [5.41, 5.74) is 0. The number of amides is 1. The Hall–Kier alpha value is -1.10. The summed E-state index contributed by atoms with van der Waals surface area (Å²) in [6.07, 6.45) is 0.587. The first-order valence-corrected chi connectivity index (χ1v) is 6.24. The number of halogens is 1. The molecule has 0 saturated carbocycles. The maximum Gasteiger partial charge on any atom is 0.228 e. The third-order valence-corrected chi connectivity index (χ3v) is 3.53. The van der Waals surface area contributed by atoms with E-state index in [4.69, 9.17) is 4.74 Å². The Labute approximate surface area is 103 Å². The van der Waals surface area contributed by atoms with Crippen LogP contribution in [0.3, 0.4) is 0 Å². The van der Waals surface area contributed by atoms with Gasteiger partial charge in [0.15, 0.2) is 0 Å². The molecule has 1 unspecified atom stereocenters. The van der Waals surface area contributed by atoms with Gasteiger partial charge in [-0.05, 0) is 12.0 Å². The van der Waals surface area contributed by atoms with Crippen LogP contribution in [-0.2, 0) is 4.79 Å². The van der Waals surface area contributed by atoms with Crippen molar-refractivity contribution in [3.05, 3.63) is 18.2 Å². The van der Waals surface area contributed by atoms with E-state index < -0.39 is 0 Å². The third kappa shape index (κ3) is 2.19. The topological polar surface area (TPSA) is 42.4 Å². The summed E-state index contributed by atoms with van der Waals surface area (Å²) in [4.78, 5) is 17.7. The van der Waals surface area contributed by atoms with Crippen molar-refractivity contribution in [2.24, 2.45) is 5.92 Å². The molecule has 1 amide bonds. The van der Waals surface area contributed by atoms with Crippen LogP contribution in [0.25, 0.3) is 0 Å². The monoisotopic (exact) mass is 284 g/mol. The fourth-order valence-electron chi connectivity index (χ4n) is 1.77. The van der Waals surface area contributed by atoms with Crippen molar-refractivity contribution in [1.82, 2.24) is 4.98 Å². The zero-order chi connectivity index (χ0) is 11.5. The Balaban J connectivity index is 2.20. The van der Waals surface area contributed by atoms with E-state index in [2.05, 4.69) is 20.9 Å². The molecule has 86 valence electrons. The number of ether oxygens (including phenoxy) is 1. The molecule has 0 spiro atoms. The number of anilines is 1. The Bertz CT molecular complexity index is 397. The van der Waals surface area contributed by atoms with Crippen LogP contribution in [0.4, 0.5) is 5.82 Å². The second-order valence-electron chi connectivity index (χ2n) is 3.77. The van der Waals surface area contributed by atoms with Gasteiger partial charge in [-0.25, -0.2) is 0 Å². The Kier molecular flexibility index (Phi) is 3.43. The maximum absolute atomic E-state index is 11.8. The third-order valence-electron chi connectivity index (χ3n) is 2.62. The number of pyridine rings is 1. The van der Waals surface area contributed by atoms with E-state index in [1.807, 2.05) is 12.1 Å². The van der Waals surface area contributed by atoms with Crippen LogP contribution in [0.2, 0.25) is 0 Å². The van der Waals surface area contributed by atoms with Gasteiger partial charge in [-0.1, -0.05) is 22.0 Å². The lowest BCUT2D eigenvalue weighted by Crippen LogP contribution is -2.25. The second-order valence-corrected chi connectivity index (χ2v) is 4.41. The molecule has 16 heavy (non-hydrogen) atoms. The first-order valence-electron chi connectivity index (χ1n) is 5.12. The second kappa shape index (κ2) is 4.82.